The molecule has 3 aromatic rings. The molecule has 7 heteroatoms. The summed E-state index contributed by atoms with van der Waals surface area (Å²) in [5.74, 6) is 1.44. The van der Waals surface area contributed by atoms with Gasteiger partial charge in [0.05, 0.1) is 19.8 Å². The third-order valence-corrected chi connectivity index (χ3v) is 4.36. The second-order valence-electron chi connectivity index (χ2n) is 5.06. The molecule has 0 aliphatic heterocycles. The molecule has 1 N–H and O–H groups in total. The number of nitrogens with one attached hydrogen (secondary N) is 1. The number of hydrogen-bond donors (Lipinski definition) is 1. The third-order valence-electron chi connectivity index (χ3n) is 3.47. The van der Waals surface area contributed by atoms with Crippen molar-refractivity contribution in [2.24, 2.45) is 0 Å². The van der Waals surface area contributed by atoms with E-state index in [1.165, 1.54) is 7.11 Å². The number of carbonyl (C=O) groups is 1. The van der Waals surface area contributed by atoms with Gasteiger partial charge in [-0.2, -0.15) is 0 Å². The maximum atomic E-state index is 12.6. The number of methoxy groups -OCH3 is 2. The molecule has 0 saturated heterocycles. The molecule has 1 aromatic heterocycles. The average Bonchev–Trinajstić information content (AvgIpc) is 2.93. The molecule has 0 unspecified atom stereocenters. The SMILES string of the molecule is COc1cc(I)c(C(=O)Nc2ccc3oc(C)nc3c2)cc1OC. The number of anilines is 1. The van der Waals surface area contributed by atoms with Gasteiger partial charge in [-0.3, -0.25) is 4.79 Å². The van der Waals surface area contributed by atoms with Crippen LogP contribution in [0.5, 0.6) is 11.5 Å². The molecule has 6 nitrogen and oxygen atoms in total. The molecule has 0 saturated carbocycles. The zero-order valence-electron chi connectivity index (χ0n) is 13.3. The van der Waals surface area contributed by atoms with Gasteiger partial charge in [0.2, 0.25) is 0 Å². The van der Waals surface area contributed by atoms with Crippen molar-refractivity contribution in [3.8, 4) is 11.5 Å². The molecule has 0 aliphatic rings. The van der Waals surface area contributed by atoms with Gasteiger partial charge in [0.15, 0.2) is 23.0 Å². The van der Waals surface area contributed by atoms with Crippen LogP contribution in [0.3, 0.4) is 0 Å². The fourth-order valence-electron chi connectivity index (χ4n) is 2.35. The number of oxazole rings is 1. The Morgan fingerprint density at radius 3 is 2.58 bits per heavy atom. The predicted octanol–water partition coefficient (Wildman–Crippen LogP) is 4.01. The van der Waals surface area contributed by atoms with Crippen LogP contribution >= 0.6 is 22.6 Å². The standard InChI is InChI=1S/C17H15IN2O4/c1-9-19-13-6-10(4-5-14(13)24-9)20-17(21)11-7-15(22-2)16(23-3)8-12(11)18/h4-8H,1-3H3,(H,20,21). The van der Waals surface area contributed by atoms with Crippen molar-refractivity contribution in [1.82, 2.24) is 4.98 Å². The Balaban J connectivity index is 1.90. The van der Waals surface area contributed by atoms with Crippen molar-refractivity contribution in [3.63, 3.8) is 0 Å². The number of ether oxygens (including phenoxy) is 2. The summed E-state index contributed by atoms with van der Waals surface area (Å²) in [7, 11) is 3.09. The van der Waals surface area contributed by atoms with Crippen molar-refractivity contribution in [2.45, 2.75) is 6.92 Å². The topological polar surface area (TPSA) is 73.6 Å². The lowest BCUT2D eigenvalue weighted by Crippen LogP contribution is -2.14. The quantitative estimate of drug-likeness (QED) is 0.624. The second kappa shape index (κ2) is 6.68. The van der Waals surface area contributed by atoms with Crippen LogP contribution in [0.4, 0.5) is 5.69 Å². The highest BCUT2D eigenvalue weighted by molar-refractivity contribution is 14.1. The number of benzene rings is 2. The van der Waals surface area contributed by atoms with Crippen LogP contribution in [0.25, 0.3) is 11.1 Å². The maximum Gasteiger partial charge on any atom is 0.256 e. The normalized spacial score (nSPS) is 10.7. The van der Waals surface area contributed by atoms with E-state index in [-0.39, 0.29) is 5.91 Å². The molecule has 3 rings (SSSR count). The molecule has 0 spiro atoms. The summed E-state index contributed by atoms with van der Waals surface area (Å²) in [5, 5.41) is 2.87. The molecule has 0 fully saturated rings. The lowest BCUT2D eigenvalue weighted by molar-refractivity contribution is 0.102. The maximum absolute atomic E-state index is 12.6. The summed E-state index contributed by atoms with van der Waals surface area (Å²) in [6.45, 7) is 1.78. The van der Waals surface area contributed by atoms with E-state index in [2.05, 4.69) is 32.9 Å². The van der Waals surface area contributed by atoms with E-state index in [0.717, 1.165) is 3.57 Å². The van der Waals surface area contributed by atoms with Crippen molar-refractivity contribution in [1.29, 1.82) is 0 Å². The van der Waals surface area contributed by atoms with Gasteiger partial charge in [-0.1, -0.05) is 0 Å². The average molecular weight is 438 g/mol. The van der Waals surface area contributed by atoms with Gasteiger partial charge in [0.25, 0.3) is 5.91 Å². The highest BCUT2D eigenvalue weighted by Crippen LogP contribution is 2.31. The summed E-state index contributed by atoms with van der Waals surface area (Å²) < 4.78 is 16.7. The van der Waals surface area contributed by atoms with Crippen molar-refractivity contribution in [3.05, 3.63) is 45.4 Å². The number of fused-ring (bicyclic) bond motifs is 1. The minimum absolute atomic E-state index is 0.236. The lowest BCUT2D eigenvalue weighted by Gasteiger charge is -2.12. The number of aromatic nitrogens is 1. The van der Waals surface area contributed by atoms with Gasteiger partial charge in [-0.05, 0) is 52.9 Å². The third kappa shape index (κ3) is 3.16. The fourth-order valence-corrected chi connectivity index (χ4v) is 3.03. The number of amides is 1. The van der Waals surface area contributed by atoms with Crippen LogP contribution in [0.2, 0.25) is 0 Å². The molecule has 0 radical (unpaired) electrons. The first-order chi connectivity index (χ1) is 11.5. The minimum atomic E-state index is -0.236. The van der Waals surface area contributed by atoms with Crippen LogP contribution in [-0.2, 0) is 0 Å². The molecule has 1 heterocycles. The number of rotatable bonds is 4. The van der Waals surface area contributed by atoms with E-state index in [9.17, 15) is 4.79 Å². The summed E-state index contributed by atoms with van der Waals surface area (Å²) in [5.41, 5.74) is 2.54. The van der Waals surface area contributed by atoms with E-state index in [1.807, 2.05) is 0 Å². The molecule has 0 aliphatic carbocycles. The van der Waals surface area contributed by atoms with E-state index in [0.29, 0.717) is 39.7 Å². The Morgan fingerprint density at radius 2 is 1.88 bits per heavy atom. The van der Waals surface area contributed by atoms with E-state index >= 15 is 0 Å². The van der Waals surface area contributed by atoms with E-state index in [1.54, 1.807) is 44.4 Å². The van der Waals surface area contributed by atoms with E-state index < -0.39 is 0 Å². The first-order valence-corrected chi connectivity index (χ1v) is 8.19. The highest BCUT2D eigenvalue weighted by atomic mass is 127. The predicted molar refractivity (Wildman–Crippen MR) is 99.0 cm³/mol. The number of nitrogens with zero attached hydrogens (tertiary/aromatic N) is 1. The van der Waals surface area contributed by atoms with Crippen molar-refractivity contribution >= 4 is 45.3 Å². The number of halogens is 1. The molecular formula is C17H15IN2O4. The molecule has 1 amide bonds. The van der Waals surface area contributed by atoms with Crippen LogP contribution in [0.1, 0.15) is 16.2 Å². The van der Waals surface area contributed by atoms with Crippen molar-refractivity contribution < 1.29 is 18.7 Å². The summed E-state index contributed by atoms with van der Waals surface area (Å²) >= 11 is 2.09. The Labute approximate surface area is 152 Å². The Kier molecular flexibility index (Phi) is 4.61. The fraction of sp³-hybridized carbons (Fsp3) is 0.176. The smallest absolute Gasteiger partial charge is 0.256 e. The van der Waals surface area contributed by atoms with Crippen LogP contribution in [0, 0.1) is 10.5 Å². The molecule has 0 atom stereocenters. The highest BCUT2D eigenvalue weighted by Gasteiger charge is 2.16. The zero-order valence-corrected chi connectivity index (χ0v) is 15.5. The van der Waals surface area contributed by atoms with Crippen LogP contribution < -0.4 is 14.8 Å². The first kappa shape index (κ1) is 16.6. The largest absolute Gasteiger partial charge is 0.493 e. The number of hydrogen-bond acceptors (Lipinski definition) is 5. The van der Waals surface area contributed by atoms with Gasteiger partial charge in [-0.25, -0.2) is 4.98 Å². The van der Waals surface area contributed by atoms with Crippen molar-refractivity contribution in [2.75, 3.05) is 19.5 Å². The van der Waals surface area contributed by atoms with Crippen LogP contribution in [0.15, 0.2) is 34.7 Å². The number of carbonyl (C=O) groups excluding carboxylic acids is 1. The second-order valence-corrected chi connectivity index (χ2v) is 6.22. The lowest BCUT2D eigenvalue weighted by atomic mass is 10.1. The summed E-state index contributed by atoms with van der Waals surface area (Å²) in [6, 6.07) is 8.76. The monoisotopic (exact) mass is 438 g/mol. The minimum Gasteiger partial charge on any atom is -0.493 e. The molecule has 0 bridgehead atoms. The van der Waals surface area contributed by atoms with Gasteiger partial charge in [-0.15, -0.1) is 0 Å². The zero-order chi connectivity index (χ0) is 17.3. The molecule has 2 aromatic carbocycles. The first-order valence-electron chi connectivity index (χ1n) is 7.12. The Morgan fingerprint density at radius 1 is 1.17 bits per heavy atom. The van der Waals surface area contributed by atoms with Crippen LogP contribution in [-0.4, -0.2) is 25.1 Å². The van der Waals surface area contributed by atoms with Gasteiger partial charge >= 0.3 is 0 Å². The Hall–Kier alpha value is -2.29. The van der Waals surface area contributed by atoms with Gasteiger partial charge < -0.3 is 19.2 Å². The van der Waals surface area contributed by atoms with E-state index in [4.69, 9.17) is 13.9 Å². The molecule has 24 heavy (non-hydrogen) atoms. The van der Waals surface area contributed by atoms with Gasteiger partial charge in [0.1, 0.15) is 5.52 Å². The number of aryl methyl sites for hydroxylation is 1. The molecular weight excluding hydrogens is 423 g/mol. The summed E-state index contributed by atoms with van der Waals surface area (Å²) in [4.78, 5) is 16.9. The Bertz CT molecular complexity index is 920. The molecule has 124 valence electrons. The van der Waals surface area contributed by atoms with Gasteiger partial charge in [0, 0.05) is 16.2 Å². The summed E-state index contributed by atoms with van der Waals surface area (Å²) in [6.07, 6.45) is 0.